The molecule has 0 aromatic heterocycles. The Kier molecular flexibility index (Phi) is 3.51. The summed E-state index contributed by atoms with van der Waals surface area (Å²) in [4.78, 5) is 12.0. The minimum atomic E-state index is -0.234. The Morgan fingerprint density at radius 2 is 1.35 bits per heavy atom. The van der Waals surface area contributed by atoms with Gasteiger partial charge in [0.2, 0.25) is 5.91 Å². The second kappa shape index (κ2) is 6.20. The first kappa shape index (κ1) is 17.5. The zero-order valence-electron chi connectivity index (χ0n) is 17.5. The highest BCUT2D eigenvalue weighted by Gasteiger charge is 2.53. The molecule has 3 aliphatic carbocycles. The lowest BCUT2D eigenvalue weighted by molar-refractivity contribution is -0.117. The van der Waals surface area contributed by atoms with Gasteiger partial charge in [0, 0.05) is 0 Å². The molecule has 0 radical (unpaired) electrons. The maximum atomic E-state index is 12.0. The van der Waals surface area contributed by atoms with Crippen LogP contribution in [0, 0.1) is 11.8 Å². The molecule has 2 N–H and O–H groups in total. The summed E-state index contributed by atoms with van der Waals surface area (Å²) in [7, 11) is 0. The van der Waals surface area contributed by atoms with Crippen molar-refractivity contribution in [2.24, 2.45) is 17.6 Å². The number of nitrogens with two attached hydrogens (primary N) is 1. The van der Waals surface area contributed by atoms with E-state index in [1.165, 1.54) is 57.5 Å². The second-order valence-electron chi connectivity index (χ2n) is 9.79. The van der Waals surface area contributed by atoms with Gasteiger partial charge in [0.1, 0.15) is 0 Å². The minimum Gasteiger partial charge on any atom is -0.369 e. The van der Waals surface area contributed by atoms with Crippen LogP contribution in [-0.2, 0) is 11.2 Å². The topological polar surface area (TPSA) is 43.1 Å². The van der Waals surface area contributed by atoms with Crippen molar-refractivity contribution in [2.75, 3.05) is 0 Å². The molecule has 2 fully saturated rings. The molecule has 4 unspecified atom stereocenters. The number of hydrogen-bond donors (Lipinski definition) is 1. The van der Waals surface area contributed by atoms with E-state index in [-0.39, 0.29) is 5.91 Å². The van der Waals surface area contributed by atoms with Gasteiger partial charge in [-0.15, -0.1) is 0 Å². The molecule has 2 bridgehead atoms. The quantitative estimate of drug-likeness (QED) is 0.392. The van der Waals surface area contributed by atoms with Crippen LogP contribution in [0.15, 0.2) is 66.7 Å². The number of amides is 1. The SMILES string of the molecule is NC(=O)Cc1cccc2c1C1C3CCC(C3)C1c1c-2c2ccccc2c2ccccc12. The van der Waals surface area contributed by atoms with Gasteiger partial charge in [-0.25, -0.2) is 0 Å². The Balaban J connectivity index is 1.68. The van der Waals surface area contributed by atoms with Crippen LogP contribution in [-0.4, -0.2) is 5.91 Å². The summed E-state index contributed by atoms with van der Waals surface area (Å²) in [5.41, 5.74) is 12.6. The van der Waals surface area contributed by atoms with Gasteiger partial charge in [0.25, 0.3) is 0 Å². The van der Waals surface area contributed by atoms with Gasteiger partial charge < -0.3 is 5.73 Å². The lowest BCUT2D eigenvalue weighted by Gasteiger charge is -2.41. The van der Waals surface area contributed by atoms with E-state index in [9.17, 15) is 4.79 Å². The average molecular weight is 404 g/mol. The average Bonchev–Trinajstić information content (AvgIpc) is 3.41. The normalized spacial score (nSPS) is 25.4. The fourth-order valence-electron chi connectivity index (χ4n) is 7.49. The number of fused-ring (bicyclic) bond motifs is 15. The van der Waals surface area contributed by atoms with Crippen LogP contribution in [0.3, 0.4) is 0 Å². The van der Waals surface area contributed by atoms with Gasteiger partial charge in [0.05, 0.1) is 6.42 Å². The number of hydrogen-bond acceptors (Lipinski definition) is 1. The highest BCUT2D eigenvalue weighted by molar-refractivity contribution is 6.17. The summed E-state index contributed by atoms with van der Waals surface area (Å²) in [6.45, 7) is 0. The lowest BCUT2D eigenvalue weighted by atomic mass is 9.62. The van der Waals surface area contributed by atoms with E-state index >= 15 is 0 Å². The molecule has 0 aliphatic heterocycles. The molecule has 2 heteroatoms. The third-order valence-corrected chi connectivity index (χ3v) is 8.39. The second-order valence-corrected chi connectivity index (χ2v) is 9.79. The van der Waals surface area contributed by atoms with Crippen LogP contribution in [0.5, 0.6) is 0 Å². The Morgan fingerprint density at radius 3 is 2.06 bits per heavy atom. The number of benzene rings is 4. The van der Waals surface area contributed by atoms with Gasteiger partial charge in [-0.1, -0.05) is 66.7 Å². The van der Waals surface area contributed by atoms with Crippen LogP contribution < -0.4 is 5.73 Å². The molecule has 3 aliphatic rings. The summed E-state index contributed by atoms with van der Waals surface area (Å²) in [6.07, 6.45) is 4.31. The van der Waals surface area contributed by atoms with Crippen molar-refractivity contribution >= 4 is 27.5 Å². The van der Waals surface area contributed by atoms with Gasteiger partial charge in [0.15, 0.2) is 0 Å². The van der Waals surface area contributed by atoms with Crippen LogP contribution in [0.1, 0.15) is 47.8 Å². The monoisotopic (exact) mass is 403 g/mol. The summed E-state index contributed by atoms with van der Waals surface area (Å²) >= 11 is 0. The highest BCUT2D eigenvalue weighted by atomic mass is 16.1. The molecule has 7 rings (SSSR count). The third kappa shape index (κ3) is 2.25. The van der Waals surface area contributed by atoms with E-state index in [1.54, 1.807) is 5.56 Å². The standard InChI is InChI=1S/C29H25NO/c30-24(31)15-16-6-5-11-23-25(16)26-17-12-13-18(14-17)27(26)29-22-10-4-2-8-20(22)19-7-1-3-9-21(19)28(23)29/h1-11,17-18,26-27H,12-15H2,(H2,30,31). The first-order valence-corrected chi connectivity index (χ1v) is 11.6. The highest BCUT2D eigenvalue weighted by Crippen LogP contribution is 2.67. The maximum Gasteiger partial charge on any atom is 0.221 e. The fraction of sp³-hybridized carbons (Fsp3) is 0.276. The summed E-state index contributed by atoms with van der Waals surface area (Å²) in [5.74, 6) is 2.29. The molecule has 0 heterocycles. The molecule has 31 heavy (non-hydrogen) atoms. The summed E-state index contributed by atoms with van der Waals surface area (Å²) < 4.78 is 0. The molecule has 152 valence electrons. The number of rotatable bonds is 2. The fourth-order valence-corrected chi connectivity index (χ4v) is 7.49. The number of primary amides is 1. The van der Waals surface area contributed by atoms with Crippen LogP contribution in [0.2, 0.25) is 0 Å². The van der Waals surface area contributed by atoms with Gasteiger partial charge >= 0.3 is 0 Å². The largest absolute Gasteiger partial charge is 0.369 e. The predicted octanol–water partition coefficient (Wildman–Crippen LogP) is 6.30. The van der Waals surface area contributed by atoms with Crippen molar-refractivity contribution in [2.45, 2.75) is 37.5 Å². The number of carbonyl (C=O) groups is 1. The molecule has 4 aromatic rings. The van der Waals surface area contributed by atoms with Crippen molar-refractivity contribution in [1.29, 1.82) is 0 Å². The lowest BCUT2D eigenvalue weighted by Crippen LogP contribution is -2.26. The van der Waals surface area contributed by atoms with Crippen LogP contribution in [0.4, 0.5) is 0 Å². The zero-order valence-corrected chi connectivity index (χ0v) is 17.5. The van der Waals surface area contributed by atoms with Gasteiger partial charge in [-0.05, 0) is 92.3 Å². The Hall–Kier alpha value is -3.13. The Labute approximate surface area is 182 Å². The van der Waals surface area contributed by atoms with Crippen molar-refractivity contribution in [3.05, 3.63) is 83.4 Å². The number of carbonyl (C=O) groups excluding carboxylic acids is 1. The molecule has 0 saturated heterocycles. The van der Waals surface area contributed by atoms with Crippen LogP contribution in [0.25, 0.3) is 32.7 Å². The first-order valence-electron chi connectivity index (χ1n) is 11.6. The van der Waals surface area contributed by atoms with E-state index in [0.29, 0.717) is 18.3 Å². The van der Waals surface area contributed by atoms with Gasteiger partial charge in [-0.2, -0.15) is 0 Å². The van der Waals surface area contributed by atoms with E-state index in [4.69, 9.17) is 5.73 Å². The van der Waals surface area contributed by atoms with Crippen LogP contribution >= 0.6 is 0 Å². The van der Waals surface area contributed by atoms with Crippen molar-refractivity contribution in [1.82, 2.24) is 0 Å². The third-order valence-electron chi connectivity index (χ3n) is 8.39. The minimum absolute atomic E-state index is 0.234. The Morgan fingerprint density at radius 1 is 0.742 bits per heavy atom. The predicted molar refractivity (Wildman–Crippen MR) is 126 cm³/mol. The van der Waals surface area contributed by atoms with E-state index in [2.05, 4.69) is 66.7 Å². The summed E-state index contributed by atoms with van der Waals surface area (Å²) in [6, 6.07) is 24.4. The van der Waals surface area contributed by atoms with E-state index in [0.717, 1.165) is 17.4 Å². The molecule has 1 amide bonds. The molecule has 4 aromatic carbocycles. The molecule has 0 spiro atoms. The van der Waals surface area contributed by atoms with E-state index < -0.39 is 0 Å². The molecular formula is C29H25NO. The maximum absolute atomic E-state index is 12.0. The zero-order chi connectivity index (χ0) is 20.7. The Bertz CT molecular complexity index is 1400. The molecule has 2 nitrogen and oxygen atoms in total. The first-order chi connectivity index (χ1) is 15.2. The van der Waals surface area contributed by atoms with E-state index in [1.807, 2.05) is 0 Å². The molecule has 4 atom stereocenters. The smallest absolute Gasteiger partial charge is 0.221 e. The van der Waals surface area contributed by atoms with Crippen molar-refractivity contribution < 1.29 is 4.79 Å². The van der Waals surface area contributed by atoms with Crippen molar-refractivity contribution in [3.8, 4) is 11.1 Å². The van der Waals surface area contributed by atoms with Gasteiger partial charge in [-0.3, -0.25) is 4.79 Å². The summed E-state index contributed by atoms with van der Waals surface area (Å²) in [5, 5.41) is 5.46. The molecular weight excluding hydrogens is 378 g/mol. The molecule has 2 saturated carbocycles. The van der Waals surface area contributed by atoms with Crippen molar-refractivity contribution in [3.63, 3.8) is 0 Å².